The molecule has 2 fully saturated rings. The minimum absolute atomic E-state index is 0.376. The van der Waals surface area contributed by atoms with Gasteiger partial charge in [-0.25, -0.2) is 4.98 Å². The number of hydrogen-bond donors (Lipinski definition) is 2. The summed E-state index contributed by atoms with van der Waals surface area (Å²) < 4.78 is 0. The number of aromatic nitrogens is 2. The smallest absolute Gasteiger partial charge is 0.250 e. The highest BCUT2D eigenvalue weighted by atomic mass is 16.1. The minimum atomic E-state index is -0.417. The zero-order valence-electron chi connectivity index (χ0n) is 12.0. The van der Waals surface area contributed by atoms with Crippen molar-refractivity contribution in [2.75, 3.05) is 6.54 Å². The average molecular weight is 284 g/mol. The van der Waals surface area contributed by atoms with Crippen molar-refractivity contribution < 1.29 is 4.79 Å². The van der Waals surface area contributed by atoms with Gasteiger partial charge in [0.25, 0.3) is 5.91 Å². The van der Waals surface area contributed by atoms with E-state index in [4.69, 9.17) is 5.73 Å². The maximum Gasteiger partial charge on any atom is 0.250 e. The van der Waals surface area contributed by atoms with Crippen LogP contribution in [0.4, 0.5) is 0 Å². The number of carbonyl (C=O) groups is 1. The molecule has 1 atom stereocenters. The number of fused-ring (bicyclic) bond motifs is 1. The number of para-hydroxylation sites is 1. The lowest BCUT2D eigenvalue weighted by Crippen LogP contribution is -2.47. The van der Waals surface area contributed by atoms with Crippen LogP contribution in [0.1, 0.15) is 54.3 Å². The molecule has 1 amide bonds. The number of amides is 1. The normalized spacial score (nSPS) is 23.5. The second-order valence-corrected chi connectivity index (χ2v) is 6.17. The largest absolute Gasteiger partial charge is 0.366 e. The SMILES string of the molecule is NC(=O)c1cccc2[nH]c(C3CCN3C3CCCC3)nc12. The molecule has 5 heteroatoms. The van der Waals surface area contributed by atoms with Gasteiger partial charge in [0.15, 0.2) is 0 Å². The molecule has 1 saturated carbocycles. The number of likely N-dealkylation sites (tertiary alicyclic amines) is 1. The Morgan fingerprint density at radius 2 is 2.10 bits per heavy atom. The Kier molecular flexibility index (Phi) is 2.96. The maximum atomic E-state index is 11.5. The second kappa shape index (κ2) is 4.84. The molecular weight excluding hydrogens is 264 g/mol. The maximum absolute atomic E-state index is 11.5. The van der Waals surface area contributed by atoms with Gasteiger partial charge in [0.1, 0.15) is 11.3 Å². The molecule has 110 valence electrons. The summed E-state index contributed by atoms with van der Waals surface area (Å²) in [6.45, 7) is 1.16. The predicted octanol–water partition coefficient (Wildman–Crippen LogP) is 2.35. The molecule has 2 aromatic rings. The van der Waals surface area contributed by atoms with Gasteiger partial charge in [-0.2, -0.15) is 0 Å². The van der Waals surface area contributed by atoms with Crippen molar-refractivity contribution in [3.63, 3.8) is 0 Å². The summed E-state index contributed by atoms with van der Waals surface area (Å²) in [6, 6.07) is 6.63. The summed E-state index contributed by atoms with van der Waals surface area (Å²) >= 11 is 0. The molecule has 0 radical (unpaired) electrons. The Bertz CT molecular complexity index is 687. The van der Waals surface area contributed by atoms with E-state index in [0.29, 0.717) is 23.2 Å². The molecular formula is C16H20N4O. The van der Waals surface area contributed by atoms with Gasteiger partial charge < -0.3 is 10.7 Å². The van der Waals surface area contributed by atoms with Crippen molar-refractivity contribution in [3.05, 3.63) is 29.6 Å². The fraction of sp³-hybridized carbons (Fsp3) is 0.500. The Hall–Kier alpha value is -1.88. The molecule has 4 rings (SSSR count). The molecule has 5 nitrogen and oxygen atoms in total. The van der Waals surface area contributed by atoms with E-state index < -0.39 is 5.91 Å². The van der Waals surface area contributed by atoms with E-state index in [0.717, 1.165) is 24.3 Å². The van der Waals surface area contributed by atoms with Crippen LogP contribution < -0.4 is 5.73 Å². The number of H-pyrrole nitrogens is 1. The molecule has 0 spiro atoms. The number of imidazole rings is 1. The van der Waals surface area contributed by atoms with Crippen LogP contribution in [-0.2, 0) is 0 Å². The summed E-state index contributed by atoms with van der Waals surface area (Å²) in [4.78, 5) is 22.1. The lowest BCUT2D eigenvalue weighted by atomic mass is 9.98. The lowest BCUT2D eigenvalue weighted by Gasteiger charge is -2.44. The minimum Gasteiger partial charge on any atom is -0.366 e. The van der Waals surface area contributed by atoms with Crippen LogP contribution >= 0.6 is 0 Å². The third-order valence-electron chi connectivity index (χ3n) is 4.97. The number of hydrogen-bond acceptors (Lipinski definition) is 3. The van der Waals surface area contributed by atoms with E-state index in [9.17, 15) is 4.79 Å². The van der Waals surface area contributed by atoms with Crippen molar-refractivity contribution in [1.82, 2.24) is 14.9 Å². The molecule has 1 aliphatic heterocycles. The first-order valence-electron chi connectivity index (χ1n) is 7.78. The summed E-state index contributed by atoms with van der Waals surface area (Å²) in [6.07, 6.45) is 6.45. The number of carbonyl (C=O) groups excluding carboxylic acids is 1. The number of primary amides is 1. The first kappa shape index (κ1) is 12.8. The predicted molar refractivity (Wildman–Crippen MR) is 80.9 cm³/mol. The summed E-state index contributed by atoms with van der Waals surface area (Å²) in [5.74, 6) is 0.566. The topological polar surface area (TPSA) is 75.0 Å². The summed E-state index contributed by atoms with van der Waals surface area (Å²) in [5, 5.41) is 0. The molecule has 3 N–H and O–H groups in total. The van der Waals surface area contributed by atoms with Gasteiger partial charge in [-0.1, -0.05) is 18.9 Å². The third-order valence-corrected chi connectivity index (χ3v) is 4.97. The highest BCUT2D eigenvalue weighted by Gasteiger charge is 2.37. The molecule has 21 heavy (non-hydrogen) atoms. The second-order valence-electron chi connectivity index (χ2n) is 6.17. The molecule has 2 aliphatic rings. The molecule has 1 unspecified atom stereocenters. The molecule has 0 bridgehead atoms. The van der Waals surface area contributed by atoms with E-state index in [-0.39, 0.29) is 0 Å². The first-order chi connectivity index (χ1) is 10.2. The van der Waals surface area contributed by atoms with Crippen LogP contribution in [0, 0.1) is 0 Å². The number of nitrogens with one attached hydrogen (secondary N) is 1. The average Bonchev–Trinajstić information content (AvgIpc) is 3.05. The Morgan fingerprint density at radius 3 is 2.76 bits per heavy atom. The van der Waals surface area contributed by atoms with Crippen LogP contribution in [-0.4, -0.2) is 33.4 Å². The lowest BCUT2D eigenvalue weighted by molar-refractivity contribution is 0.0381. The van der Waals surface area contributed by atoms with Crippen LogP contribution in [0.5, 0.6) is 0 Å². The van der Waals surface area contributed by atoms with Crippen LogP contribution in [0.2, 0.25) is 0 Å². The zero-order chi connectivity index (χ0) is 14.4. The number of aromatic amines is 1. The number of nitrogens with two attached hydrogens (primary N) is 1. The van der Waals surface area contributed by atoms with Gasteiger partial charge in [0.05, 0.1) is 17.1 Å². The van der Waals surface area contributed by atoms with Crippen molar-refractivity contribution in [3.8, 4) is 0 Å². The fourth-order valence-electron chi connectivity index (χ4n) is 3.78. The quantitative estimate of drug-likeness (QED) is 0.908. The Labute approximate surface area is 123 Å². The Morgan fingerprint density at radius 1 is 1.29 bits per heavy atom. The van der Waals surface area contributed by atoms with Crippen molar-refractivity contribution in [2.45, 2.75) is 44.2 Å². The molecule has 1 aromatic carbocycles. The summed E-state index contributed by atoms with van der Waals surface area (Å²) in [5.41, 5.74) is 7.55. The molecule has 2 heterocycles. The molecule has 1 aliphatic carbocycles. The first-order valence-corrected chi connectivity index (χ1v) is 7.78. The fourth-order valence-corrected chi connectivity index (χ4v) is 3.78. The van der Waals surface area contributed by atoms with Gasteiger partial charge in [0.2, 0.25) is 0 Å². The molecule has 1 aromatic heterocycles. The van der Waals surface area contributed by atoms with Gasteiger partial charge in [-0.3, -0.25) is 9.69 Å². The number of rotatable bonds is 3. The van der Waals surface area contributed by atoms with Gasteiger partial charge in [0, 0.05) is 12.6 Å². The van der Waals surface area contributed by atoms with Crippen molar-refractivity contribution in [1.29, 1.82) is 0 Å². The zero-order valence-corrected chi connectivity index (χ0v) is 12.0. The van der Waals surface area contributed by atoms with Gasteiger partial charge in [-0.15, -0.1) is 0 Å². The van der Waals surface area contributed by atoms with Crippen molar-refractivity contribution >= 4 is 16.9 Å². The van der Waals surface area contributed by atoms with Crippen LogP contribution in [0.25, 0.3) is 11.0 Å². The standard InChI is InChI=1S/C16H20N4O/c17-15(21)11-6-3-7-12-14(11)19-16(18-12)13-8-9-20(13)10-4-1-2-5-10/h3,6-7,10,13H,1-2,4-5,8-9H2,(H2,17,21)(H,18,19). The van der Waals surface area contributed by atoms with Crippen molar-refractivity contribution in [2.24, 2.45) is 5.73 Å². The van der Waals surface area contributed by atoms with E-state index in [1.807, 2.05) is 12.1 Å². The highest BCUT2D eigenvalue weighted by Crippen LogP contribution is 2.39. The molecule has 1 saturated heterocycles. The van der Waals surface area contributed by atoms with Gasteiger partial charge >= 0.3 is 0 Å². The number of nitrogens with zero attached hydrogens (tertiary/aromatic N) is 2. The summed E-state index contributed by atoms with van der Waals surface area (Å²) in [7, 11) is 0. The van der Waals surface area contributed by atoms with Crippen LogP contribution in [0.15, 0.2) is 18.2 Å². The highest BCUT2D eigenvalue weighted by molar-refractivity contribution is 6.04. The van der Waals surface area contributed by atoms with Crippen LogP contribution in [0.3, 0.4) is 0 Å². The van der Waals surface area contributed by atoms with E-state index in [1.54, 1.807) is 6.07 Å². The number of benzene rings is 1. The third kappa shape index (κ3) is 2.03. The monoisotopic (exact) mass is 284 g/mol. The Balaban J connectivity index is 1.68. The van der Waals surface area contributed by atoms with E-state index in [2.05, 4.69) is 14.9 Å². The van der Waals surface area contributed by atoms with E-state index in [1.165, 1.54) is 25.7 Å². The van der Waals surface area contributed by atoms with Gasteiger partial charge in [-0.05, 0) is 31.4 Å². The van der Waals surface area contributed by atoms with E-state index >= 15 is 0 Å².